The number of nitrogens with one attached hydrogen (secondary N) is 2. The van der Waals surface area contributed by atoms with E-state index in [0.29, 0.717) is 0 Å². The molecule has 238 valence electrons. The minimum Gasteiger partial charge on any atom is -0.313 e. The Balaban J connectivity index is 0.00000187. The van der Waals surface area contributed by atoms with E-state index in [0.717, 1.165) is 41.9 Å². The molecule has 1 aliphatic rings. The fourth-order valence-electron chi connectivity index (χ4n) is 4.34. The molecule has 1 aliphatic carbocycles. The molecule has 44 heavy (non-hydrogen) atoms. The van der Waals surface area contributed by atoms with E-state index in [4.69, 9.17) is 0 Å². The molecule has 2 N–H and O–H groups in total. The number of hydrogen-bond donors (Lipinski definition) is 2. The molecule has 0 amide bonds. The van der Waals surface area contributed by atoms with Crippen molar-refractivity contribution in [2.45, 2.75) is 88.0 Å². The molecular weight excluding hydrogens is 534 g/mol. The van der Waals surface area contributed by atoms with E-state index in [1.165, 1.54) is 34.2 Å². The van der Waals surface area contributed by atoms with Gasteiger partial charge in [-0.2, -0.15) is 0 Å². The van der Waals surface area contributed by atoms with Crippen LogP contribution < -0.4 is 10.9 Å². The second-order valence-corrected chi connectivity index (χ2v) is 9.29. The number of para-hydroxylation sites is 1. The van der Waals surface area contributed by atoms with Gasteiger partial charge in [-0.15, -0.1) is 0 Å². The van der Waals surface area contributed by atoms with Gasteiger partial charge in [0.25, 0.3) is 0 Å². The van der Waals surface area contributed by atoms with Crippen LogP contribution >= 0.6 is 0 Å². The van der Waals surface area contributed by atoms with Gasteiger partial charge in [0.05, 0.1) is 11.2 Å². The van der Waals surface area contributed by atoms with Crippen molar-refractivity contribution < 1.29 is 0 Å². The Morgan fingerprint density at radius 2 is 1.55 bits per heavy atom. The summed E-state index contributed by atoms with van der Waals surface area (Å²) in [5.41, 5.74) is 15.7. The molecule has 3 nitrogen and oxygen atoms in total. The maximum Gasteiger partial charge on any atom is 0.0573 e. The Hall–Kier alpha value is -4.24. The molecule has 0 saturated heterocycles. The van der Waals surface area contributed by atoms with Gasteiger partial charge < -0.3 is 15.4 Å². The molecule has 0 radical (unpaired) electrons. The van der Waals surface area contributed by atoms with Gasteiger partial charge in [0.15, 0.2) is 0 Å². The molecule has 1 aromatic heterocycles. The van der Waals surface area contributed by atoms with Crippen molar-refractivity contribution in [3.8, 4) is 5.69 Å². The quantitative estimate of drug-likeness (QED) is 0.131. The molecule has 0 bridgehead atoms. The van der Waals surface area contributed by atoms with Gasteiger partial charge >= 0.3 is 0 Å². The van der Waals surface area contributed by atoms with Crippen LogP contribution in [0.4, 0.5) is 0 Å². The van der Waals surface area contributed by atoms with E-state index < -0.39 is 0 Å². The predicted molar refractivity (Wildman–Crippen MR) is 202 cm³/mol. The lowest BCUT2D eigenvalue weighted by Gasteiger charge is -2.16. The number of nitrogens with zero attached hydrogens (tertiary/aromatic N) is 1. The minimum absolute atomic E-state index is 0.759. The van der Waals surface area contributed by atoms with E-state index in [1.807, 2.05) is 59.8 Å². The Morgan fingerprint density at radius 1 is 0.886 bits per heavy atom. The van der Waals surface area contributed by atoms with Gasteiger partial charge in [0.1, 0.15) is 0 Å². The van der Waals surface area contributed by atoms with Crippen LogP contribution in [-0.2, 0) is 6.42 Å². The van der Waals surface area contributed by atoms with E-state index in [9.17, 15) is 0 Å². The second-order valence-electron chi connectivity index (χ2n) is 9.29. The zero-order valence-corrected chi connectivity index (χ0v) is 29.1. The number of allylic oxidation sites excluding steroid dienone is 8. The van der Waals surface area contributed by atoms with Crippen molar-refractivity contribution in [1.29, 1.82) is 0 Å². The van der Waals surface area contributed by atoms with Crippen LogP contribution in [0.2, 0.25) is 0 Å². The predicted octanol–water partition coefficient (Wildman–Crippen LogP) is 12.3. The summed E-state index contributed by atoms with van der Waals surface area (Å²) in [6.07, 6.45) is 20.3. The summed E-state index contributed by atoms with van der Waals surface area (Å²) in [5, 5.41) is 1.30. The van der Waals surface area contributed by atoms with Crippen molar-refractivity contribution in [2.24, 2.45) is 0 Å². The highest BCUT2D eigenvalue weighted by molar-refractivity contribution is 5.94. The SMILES string of the molecule is C=C/C=C\C(=C)NN/C(=C\CC/C=C(/C)C=C)c1cccc(-n2c3c(c4ccccc42)C=CC3)c1.CC.CC.CC.CCC. The molecular formula is C41H59N3. The van der Waals surface area contributed by atoms with Crippen LogP contribution in [0.25, 0.3) is 28.4 Å². The zero-order chi connectivity index (χ0) is 33.3. The third-order valence-electron chi connectivity index (χ3n) is 6.12. The summed E-state index contributed by atoms with van der Waals surface area (Å²) in [6.45, 7) is 29.9. The van der Waals surface area contributed by atoms with Gasteiger partial charge in [0.2, 0.25) is 0 Å². The van der Waals surface area contributed by atoms with Crippen molar-refractivity contribution in [3.63, 3.8) is 0 Å². The average molecular weight is 594 g/mol. The van der Waals surface area contributed by atoms with Gasteiger partial charge in [0, 0.05) is 40.0 Å². The van der Waals surface area contributed by atoms with Gasteiger partial charge in [-0.05, 0) is 44.0 Å². The highest BCUT2D eigenvalue weighted by Crippen LogP contribution is 2.34. The molecule has 3 heteroatoms. The maximum absolute atomic E-state index is 4.05. The number of hydrogen-bond acceptors (Lipinski definition) is 2. The standard InChI is InChI=1S/C32H33N3.C3H8.3C2H6/c1-5-7-15-25(4)33-34-30(20-10-8-14-24(3)6-2)26-16-12-17-27(23-26)35-31-21-11-9-18-28(31)29-19-13-22-32(29)35;1-3-2;3*1-2/h5-7,9,11-21,23,33-34H,1-2,4,8,10,22H2,3H3;3H2,1-2H3;3*1-2H3/b15-7-,24-14-,30-20-;;;;. The Morgan fingerprint density at radius 3 is 2.20 bits per heavy atom. The first-order valence-corrected chi connectivity index (χ1v) is 16.4. The van der Waals surface area contributed by atoms with Gasteiger partial charge in [-0.3, -0.25) is 0 Å². The van der Waals surface area contributed by atoms with Crippen LogP contribution in [0, 0.1) is 0 Å². The molecule has 0 unspecified atom stereocenters. The fraction of sp³-hybridized carbons (Fsp3) is 0.317. The average Bonchev–Trinajstić information content (AvgIpc) is 3.67. The molecule has 0 saturated carbocycles. The molecule has 1 heterocycles. The van der Waals surface area contributed by atoms with Gasteiger partial charge in [-0.25, -0.2) is 0 Å². The summed E-state index contributed by atoms with van der Waals surface area (Å²) in [6, 6.07) is 17.3. The minimum atomic E-state index is 0.759. The summed E-state index contributed by atoms with van der Waals surface area (Å²) in [7, 11) is 0. The molecule has 0 spiro atoms. The lowest BCUT2D eigenvalue weighted by Crippen LogP contribution is -2.28. The lowest BCUT2D eigenvalue weighted by atomic mass is 10.1. The van der Waals surface area contributed by atoms with Crippen LogP contribution in [0.5, 0.6) is 0 Å². The highest BCUT2D eigenvalue weighted by Gasteiger charge is 2.19. The van der Waals surface area contributed by atoms with Crippen molar-refractivity contribution in [1.82, 2.24) is 15.4 Å². The second kappa shape index (κ2) is 24.2. The number of benzene rings is 2. The van der Waals surface area contributed by atoms with E-state index in [1.54, 1.807) is 6.08 Å². The third-order valence-corrected chi connectivity index (χ3v) is 6.12. The molecule has 0 fully saturated rings. The summed E-state index contributed by atoms with van der Waals surface area (Å²) in [4.78, 5) is 0. The van der Waals surface area contributed by atoms with Crippen LogP contribution in [0.15, 0.2) is 122 Å². The van der Waals surface area contributed by atoms with Crippen molar-refractivity contribution in [2.75, 3.05) is 0 Å². The highest BCUT2D eigenvalue weighted by atomic mass is 15.4. The van der Waals surface area contributed by atoms with Crippen molar-refractivity contribution >= 4 is 22.7 Å². The first-order chi connectivity index (χ1) is 21.5. The monoisotopic (exact) mass is 593 g/mol. The molecule has 3 aromatic rings. The summed E-state index contributed by atoms with van der Waals surface area (Å²) in [5.74, 6) is 0. The van der Waals surface area contributed by atoms with Crippen molar-refractivity contribution in [3.05, 3.63) is 139 Å². The molecule has 2 aromatic carbocycles. The molecule has 0 aliphatic heterocycles. The van der Waals surface area contributed by atoms with Crippen LogP contribution in [0.1, 0.15) is 98.4 Å². The topological polar surface area (TPSA) is 29.0 Å². The third kappa shape index (κ3) is 12.2. The van der Waals surface area contributed by atoms with Crippen LogP contribution in [-0.4, -0.2) is 4.57 Å². The Kier molecular flexibility index (Phi) is 21.9. The fourth-order valence-corrected chi connectivity index (χ4v) is 4.34. The first-order valence-electron chi connectivity index (χ1n) is 16.4. The maximum atomic E-state index is 4.05. The van der Waals surface area contributed by atoms with E-state index in [-0.39, 0.29) is 0 Å². The summed E-state index contributed by atoms with van der Waals surface area (Å²) < 4.78 is 2.39. The van der Waals surface area contributed by atoms with Crippen LogP contribution in [0.3, 0.4) is 0 Å². The number of aromatic nitrogens is 1. The number of rotatable bonds is 11. The summed E-state index contributed by atoms with van der Waals surface area (Å²) >= 11 is 0. The zero-order valence-electron chi connectivity index (χ0n) is 29.1. The number of unbranched alkanes of at least 4 members (excludes halogenated alkanes) is 1. The number of fused-ring (bicyclic) bond motifs is 3. The molecule has 0 atom stereocenters. The van der Waals surface area contributed by atoms with E-state index >= 15 is 0 Å². The molecule has 4 rings (SSSR count). The van der Waals surface area contributed by atoms with E-state index in [2.05, 4.69) is 129 Å². The smallest absolute Gasteiger partial charge is 0.0573 e. The number of hydrazine groups is 1. The normalized spacial score (nSPS) is 11.4. The van der Waals surface area contributed by atoms with Gasteiger partial charge in [-0.1, -0.05) is 160 Å². The largest absolute Gasteiger partial charge is 0.313 e. The first kappa shape index (κ1) is 39.8. The Bertz CT molecular complexity index is 1390. The Labute approximate surface area is 270 Å². The lowest BCUT2D eigenvalue weighted by molar-refractivity contribution is 0.763.